The summed E-state index contributed by atoms with van der Waals surface area (Å²) in [6.45, 7) is 3.98. The minimum atomic E-state index is -0.369. The van der Waals surface area contributed by atoms with Gasteiger partial charge in [-0.15, -0.1) is 10.2 Å². The first-order valence-corrected chi connectivity index (χ1v) is 12.2. The van der Waals surface area contributed by atoms with Gasteiger partial charge in [0.05, 0.1) is 28.9 Å². The van der Waals surface area contributed by atoms with E-state index in [1.165, 1.54) is 11.8 Å². The van der Waals surface area contributed by atoms with Crippen LogP contribution in [-0.4, -0.2) is 39.4 Å². The molecule has 180 valence electrons. The molecule has 3 aromatic rings. The van der Waals surface area contributed by atoms with Crippen LogP contribution in [0, 0.1) is 5.92 Å². The maximum atomic E-state index is 12.8. The molecule has 0 saturated heterocycles. The maximum absolute atomic E-state index is 12.8. The van der Waals surface area contributed by atoms with Crippen LogP contribution >= 0.6 is 35.0 Å². The molecule has 34 heavy (non-hydrogen) atoms. The minimum absolute atomic E-state index is 0.0564. The third kappa shape index (κ3) is 6.43. The lowest BCUT2D eigenvalue weighted by atomic mass is 10.0. The van der Waals surface area contributed by atoms with Crippen molar-refractivity contribution in [1.82, 2.24) is 20.1 Å². The van der Waals surface area contributed by atoms with Crippen LogP contribution < -0.4 is 15.4 Å². The van der Waals surface area contributed by atoms with Crippen molar-refractivity contribution in [3.05, 3.63) is 63.9 Å². The first-order chi connectivity index (χ1) is 16.2. The predicted molar refractivity (Wildman–Crippen MR) is 135 cm³/mol. The van der Waals surface area contributed by atoms with Crippen LogP contribution in [0.3, 0.4) is 0 Å². The van der Waals surface area contributed by atoms with Gasteiger partial charge in [-0.3, -0.25) is 9.59 Å². The fourth-order valence-electron chi connectivity index (χ4n) is 3.12. The molecule has 0 aliphatic rings. The average molecular weight is 522 g/mol. The highest BCUT2D eigenvalue weighted by Gasteiger charge is 2.25. The Morgan fingerprint density at radius 3 is 2.41 bits per heavy atom. The fourth-order valence-corrected chi connectivity index (χ4v) is 4.14. The third-order valence-corrected chi connectivity index (χ3v) is 6.75. The zero-order valence-electron chi connectivity index (χ0n) is 19.1. The number of ether oxygens (including phenoxy) is 1. The zero-order valence-corrected chi connectivity index (χ0v) is 21.5. The summed E-state index contributed by atoms with van der Waals surface area (Å²) < 4.78 is 6.93. The number of amides is 2. The summed E-state index contributed by atoms with van der Waals surface area (Å²) in [7, 11) is 3.38. The highest BCUT2D eigenvalue weighted by atomic mass is 35.5. The molecule has 0 radical (unpaired) electrons. The number of nitrogens with zero attached hydrogens (tertiary/aromatic N) is 3. The Morgan fingerprint density at radius 2 is 1.79 bits per heavy atom. The van der Waals surface area contributed by atoms with Gasteiger partial charge in [0.15, 0.2) is 11.0 Å². The Balaban J connectivity index is 1.65. The van der Waals surface area contributed by atoms with Crippen LogP contribution in [0.4, 0.5) is 5.69 Å². The molecule has 1 aromatic heterocycles. The number of carbonyl (C=O) groups excluding carboxylic acids is 2. The van der Waals surface area contributed by atoms with Gasteiger partial charge in [0.25, 0.3) is 5.91 Å². The summed E-state index contributed by atoms with van der Waals surface area (Å²) >= 11 is 13.1. The number of hydrogen-bond acceptors (Lipinski definition) is 6. The van der Waals surface area contributed by atoms with Crippen molar-refractivity contribution in [3.8, 4) is 5.75 Å². The molecule has 0 unspecified atom stereocenters. The third-order valence-electron chi connectivity index (χ3n) is 4.99. The van der Waals surface area contributed by atoms with Gasteiger partial charge in [-0.2, -0.15) is 0 Å². The van der Waals surface area contributed by atoms with Crippen LogP contribution in [0.2, 0.25) is 10.0 Å². The van der Waals surface area contributed by atoms with Crippen molar-refractivity contribution in [3.63, 3.8) is 0 Å². The van der Waals surface area contributed by atoms with Gasteiger partial charge < -0.3 is 19.9 Å². The molecular weight excluding hydrogens is 497 g/mol. The molecule has 8 nitrogen and oxygen atoms in total. The predicted octanol–water partition coefficient (Wildman–Crippen LogP) is 4.99. The largest absolute Gasteiger partial charge is 0.497 e. The number of thioether (sulfide) groups is 1. The number of carbonyl (C=O) groups is 2. The molecule has 1 atom stereocenters. The number of nitrogens with one attached hydrogen (secondary N) is 2. The Labute approximate surface area is 212 Å². The summed E-state index contributed by atoms with van der Waals surface area (Å²) in [4.78, 5) is 25.2. The zero-order chi connectivity index (χ0) is 24.8. The number of methoxy groups -OCH3 is 1. The van der Waals surface area contributed by atoms with Crippen molar-refractivity contribution in [1.29, 1.82) is 0 Å². The van der Waals surface area contributed by atoms with Crippen molar-refractivity contribution in [2.75, 3.05) is 18.2 Å². The molecule has 2 N–H and O–H groups in total. The van der Waals surface area contributed by atoms with Crippen molar-refractivity contribution >= 4 is 52.5 Å². The minimum Gasteiger partial charge on any atom is -0.497 e. The monoisotopic (exact) mass is 521 g/mol. The normalized spacial score (nSPS) is 11.9. The molecule has 11 heteroatoms. The molecule has 1 heterocycles. The molecule has 2 aromatic carbocycles. The van der Waals surface area contributed by atoms with Gasteiger partial charge in [-0.25, -0.2) is 0 Å². The molecule has 3 rings (SSSR count). The lowest BCUT2D eigenvalue weighted by Crippen LogP contribution is -2.33. The van der Waals surface area contributed by atoms with Gasteiger partial charge in [0.1, 0.15) is 5.75 Å². The highest BCUT2D eigenvalue weighted by Crippen LogP contribution is 2.27. The Kier molecular flexibility index (Phi) is 8.82. The smallest absolute Gasteiger partial charge is 0.251 e. The average Bonchev–Trinajstić information content (AvgIpc) is 3.18. The van der Waals surface area contributed by atoms with Crippen molar-refractivity contribution in [2.24, 2.45) is 13.0 Å². The number of rotatable bonds is 9. The first-order valence-electron chi connectivity index (χ1n) is 10.4. The molecule has 2 amide bonds. The molecular formula is C23H25Cl2N5O3S. The van der Waals surface area contributed by atoms with E-state index in [0.717, 1.165) is 0 Å². The molecule has 0 aliphatic heterocycles. The van der Waals surface area contributed by atoms with E-state index in [9.17, 15) is 9.59 Å². The number of hydrogen-bond donors (Lipinski definition) is 2. The van der Waals surface area contributed by atoms with Crippen LogP contribution in [0.5, 0.6) is 5.75 Å². The van der Waals surface area contributed by atoms with Crippen molar-refractivity contribution < 1.29 is 14.3 Å². The Morgan fingerprint density at radius 1 is 1.09 bits per heavy atom. The summed E-state index contributed by atoms with van der Waals surface area (Å²) in [5.74, 6) is 1.01. The lowest BCUT2D eigenvalue weighted by Gasteiger charge is -2.21. The first kappa shape index (κ1) is 25.9. The van der Waals surface area contributed by atoms with Crippen LogP contribution in [0.25, 0.3) is 0 Å². The Bertz CT molecular complexity index is 1170. The van der Waals surface area contributed by atoms with E-state index in [-0.39, 0.29) is 29.5 Å². The van der Waals surface area contributed by atoms with E-state index in [0.29, 0.717) is 38.0 Å². The van der Waals surface area contributed by atoms with Gasteiger partial charge in [-0.05, 0) is 48.4 Å². The molecule has 0 fully saturated rings. The second-order valence-corrected chi connectivity index (χ2v) is 9.55. The maximum Gasteiger partial charge on any atom is 0.251 e. The van der Waals surface area contributed by atoms with E-state index in [2.05, 4.69) is 20.8 Å². The summed E-state index contributed by atoms with van der Waals surface area (Å²) in [6.07, 6.45) is 0. The van der Waals surface area contributed by atoms with Gasteiger partial charge in [-0.1, -0.05) is 48.8 Å². The number of anilines is 1. The molecule has 0 saturated carbocycles. The number of halogens is 2. The van der Waals surface area contributed by atoms with Crippen LogP contribution in [0.1, 0.15) is 36.1 Å². The second-order valence-electron chi connectivity index (χ2n) is 7.79. The molecule has 0 spiro atoms. The van der Waals surface area contributed by atoms with E-state index >= 15 is 0 Å². The van der Waals surface area contributed by atoms with Gasteiger partial charge in [0, 0.05) is 18.3 Å². The standard InChI is InChI=1S/C23H25Cl2N5O3S/c1-13(2)20(27-22(32)14-5-8-16(33-4)9-6-14)21-28-29-23(30(21)3)34-12-19(31)26-15-7-10-17(24)18(25)11-15/h5-11,13,20H,12H2,1-4H3,(H,26,31)(H,27,32)/t20-/m0/s1. The summed E-state index contributed by atoms with van der Waals surface area (Å²) in [6, 6.07) is 11.4. The summed E-state index contributed by atoms with van der Waals surface area (Å²) in [5, 5.41) is 15.6. The Hall–Kier alpha value is -2.75. The molecule has 0 aliphatic carbocycles. The highest BCUT2D eigenvalue weighted by molar-refractivity contribution is 7.99. The van der Waals surface area contributed by atoms with Crippen LogP contribution in [0.15, 0.2) is 47.6 Å². The lowest BCUT2D eigenvalue weighted by molar-refractivity contribution is -0.113. The van der Waals surface area contributed by atoms with Gasteiger partial charge >= 0.3 is 0 Å². The number of aromatic nitrogens is 3. The van der Waals surface area contributed by atoms with Crippen LogP contribution in [-0.2, 0) is 11.8 Å². The summed E-state index contributed by atoms with van der Waals surface area (Å²) in [5.41, 5.74) is 1.07. The quantitative estimate of drug-likeness (QED) is 0.385. The van der Waals surface area contributed by atoms with E-state index in [1.807, 2.05) is 20.9 Å². The molecule has 0 bridgehead atoms. The SMILES string of the molecule is COc1ccc(C(=O)N[C@H](c2nnc(SCC(=O)Nc3ccc(Cl)c(Cl)c3)n2C)C(C)C)cc1. The fraction of sp³-hybridized carbons (Fsp3) is 0.304. The van der Waals surface area contributed by atoms with Crippen molar-refractivity contribution in [2.45, 2.75) is 25.0 Å². The topological polar surface area (TPSA) is 98.1 Å². The van der Waals surface area contributed by atoms with Gasteiger partial charge in [0.2, 0.25) is 5.91 Å². The van der Waals surface area contributed by atoms with E-state index < -0.39 is 0 Å². The van der Waals surface area contributed by atoms with E-state index in [4.69, 9.17) is 27.9 Å². The number of benzene rings is 2. The van der Waals surface area contributed by atoms with E-state index in [1.54, 1.807) is 54.1 Å². The second kappa shape index (κ2) is 11.6.